The molecular formula is C11H14N2OS. The molecule has 0 aromatic heterocycles. The predicted octanol–water partition coefficient (Wildman–Crippen LogP) is 0.918. The fraction of sp³-hybridized carbons (Fsp3) is 0.364. The molecule has 1 saturated heterocycles. The molecule has 0 aliphatic carbocycles. The lowest BCUT2D eigenvalue weighted by molar-refractivity contribution is -0.122. The van der Waals surface area contributed by atoms with E-state index in [-0.39, 0.29) is 18.0 Å². The van der Waals surface area contributed by atoms with Crippen LogP contribution < -0.4 is 11.1 Å². The summed E-state index contributed by atoms with van der Waals surface area (Å²) in [6.45, 7) is 0. The van der Waals surface area contributed by atoms with E-state index in [0.29, 0.717) is 5.75 Å². The third-order valence-electron chi connectivity index (χ3n) is 2.44. The molecule has 15 heavy (non-hydrogen) atoms. The quantitative estimate of drug-likeness (QED) is 0.743. The highest BCUT2D eigenvalue weighted by Gasteiger charge is 2.23. The van der Waals surface area contributed by atoms with Crippen LogP contribution in [0.1, 0.15) is 11.6 Å². The Morgan fingerprint density at radius 1 is 1.27 bits per heavy atom. The van der Waals surface area contributed by atoms with Gasteiger partial charge < -0.3 is 11.1 Å². The average molecular weight is 222 g/mol. The van der Waals surface area contributed by atoms with E-state index in [0.717, 1.165) is 11.3 Å². The third kappa shape index (κ3) is 2.52. The fourth-order valence-electron chi connectivity index (χ4n) is 1.57. The van der Waals surface area contributed by atoms with Gasteiger partial charge in [0.15, 0.2) is 0 Å². The van der Waals surface area contributed by atoms with Crippen LogP contribution >= 0.6 is 11.8 Å². The van der Waals surface area contributed by atoms with Gasteiger partial charge in [0.1, 0.15) is 0 Å². The molecule has 0 saturated carbocycles. The highest BCUT2D eigenvalue weighted by Crippen LogP contribution is 2.21. The minimum atomic E-state index is -0.372. The molecule has 1 heterocycles. The standard InChI is InChI=1S/C11H14N2OS/c12-9-6-15-7-10(13-11(9)14)8-4-2-1-3-5-8/h1-5,9-10H,6-7,12H2,(H,13,14)/t9-,10-/m0/s1. The summed E-state index contributed by atoms with van der Waals surface area (Å²) in [5.74, 6) is 1.55. The van der Waals surface area contributed by atoms with Gasteiger partial charge in [-0.1, -0.05) is 30.3 Å². The van der Waals surface area contributed by atoms with E-state index < -0.39 is 0 Å². The summed E-state index contributed by atoms with van der Waals surface area (Å²) in [5, 5.41) is 2.96. The van der Waals surface area contributed by atoms with Crippen LogP contribution in [0.3, 0.4) is 0 Å². The van der Waals surface area contributed by atoms with E-state index in [9.17, 15) is 4.79 Å². The molecule has 1 aromatic rings. The van der Waals surface area contributed by atoms with Crippen molar-refractivity contribution in [3.05, 3.63) is 35.9 Å². The van der Waals surface area contributed by atoms with Crippen molar-refractivity contribution >= 4 is 17.7 Å². The summed E-state index contributed by atoms with van der Waals surface area (Å²) < 4.78 is 0. The smallest absolute Gasteiger partial charge is 0.238 e. The Hall–Kier alpha value is -1.00. The van der Waals surface area contributed by atoms with Crippen molar-refractivity contribution in [1.82, 2.24) is 5.32 Å². The first kappa shape index (κ1) is 10.5. The predicted molar refractivity (Wildman–Crippen MR) is 62.6 cm³/mol. The topological polar surface area (TPSA) is 55.1 Å². The highest BCUT2D eigenvalue weighted by molar-refractivity contribution is 7.99. The minimum Gasteiger partial charge on any atom is -0.347 e. The Morgan fingerprint density at radius 2 is 2.00 bits per heavy atom. The lowest BCUT2D eigenvalue weighted by atomic mass is 10.1. The monoisotopic (exact) mass is 222 g/mol. The number of hydrogen-bond donors (Lipinski definition) is 2. The van der Waals surface area contributed by atoms with Crippen LogP contribution in [0.25, 0.3) is 0 Å². The van der Waals surface area contributed by atoms with Crippen LogP contribution in [0.5, 0.6) is 0 Å². The van der Waals surface area contributed by atoms with Gasteiger partial charge in [-0.3, -0.25) is 4.79 Å². The molecule has 0 radical (unpaired) electrons. The normalized spacial score (nSPS) is 26.9. The summed E-state index contributed by atoms with van der Waals surface area (Å²) in [4.78, 5) is 11.5. The van der Waals surface area contributed by atoms with Gasteiger partial charge in [0.25, 0.3) is 0 Å². The van der Waals surface area contributed by atoms with Gasteiger partial charge in [0, 0.05) is 11.5 Å². The van der Waals surface area contributed by atoms with Crippen LogP contribution in [0, 0.1) is 0 Å². The Bertz CT molecular complexity index is 342. The number of amides is 1. The fourth-order valence-corrected chi connectivity index (χ4v) is 2.63. The van der Waals surface area contributed by atoms with Gasteiger partial charge >= 0.3 is 0 Å². The van der Waals surface area contributed by atoms with Crippen molar-refractivity contribution in [2.24, 2.45) is 5.73 Å². The second kappa shape index (κ2) is 4.68. The number of nitrogens with one attached hydrogen (secondary N) is 1. The van der Waals surface area contributed by atoms with Gasteiger partial charge in [0.05, 0.1) is 12.1 Å². The summed E-state index contributed by atoms with van der Waals surface area (Å²) >= 11 is 1.72. The maximum absolute atomic E-state index is 11.5. The van der Waals surface area contributed by atoms with Crippen molar-refractivity contribution in [2.45, 2.75) is 12.1 Å². The van der Waals surface area contributed by atoms with Gasteiger partial charge in [-0.25, -0.2) is 0 Å². The molecule has 1 aliphatic heterocycles. The molecule has 0 unspecified atom stereocenters. The number of carbonyl (C=O) groups excluding carboxylic acids is 1. The molecule has 80 valence electrons. The first-order chi connectivity index (χ1) is 7.27. The number of benzene rings is 1. The number of carbonyl (C=O) groups is 1. The van der Waals surface area contributed by atoms with Crippen LogP contribution in [-0.2, 0) is 4.79 Å². The van der Waals surface area contributed by atoms with E-state index >= 15 is 0 Å². The van der Waals surface area contributed by atoms with E-state index in [1.165, 1.54) is 0 Å². The maximum Gasteiger partial charge on any atom is 0.238 e. The molecule has 1 amide bonds. The van der Waals surface area contributed by atoms with Gasteiger partial charge in [0.2, 0.25) is 5.91 Å². The highest BCUT2D eigenvalue weighted by atomic mass is 32.2. The zero-order valence-corrected chi connectivity index (χ0v) is 9.17. The van der Waals surface area contributed by atoms with E-state index in [2.05, 4.69) is 5.32 Å². The van der Waals surface area contributed by atoms with Crippen molar-refractivity contribution in [3.8, 4) is 0 Å². The average Bonchev–Trinajstić information content (AvgIpc) is 2.43. The molecule has 1 aromatic carbocycles. The van der Waals surface area contributed by atoms with Crippen molar-refractivity contribution in [3.63, 3.8) is 0 Å². The Balaban J connectivity index is 2.13. The van der Waals surface area contributed by atoms with Crippen LogP contribution in [0.4, 0.5) is 0 Å². The van der Waals surface area contributed by atoms with Crippen LogP contribution in [0.2, 0.25) is 0 Å². The van der Waals surface area contributed by atoms with Crippen molar-refractivity contribution in [2.75, 3.05) is 11.5 Å². The SMILES string of the molecule is N[C@H]1CSC[C@@H](c2ccccc2)NC1=O. The molecule has 2 atom stereocenters. The number of rotatable bonds is 1. The van der Waals surface area contributed by atoms with E-state index in [1.807, 2.05) is 30.3 Å². The van der Waals surface area contributed by atoms with Gasteiger partial charge in [-0.05, 0) is 5.56 Å². The molecule has 2 rings (SSSR count). The second-order valence-corrected chi connectivity index (χ2v) is 4.69. The molecule has 1 fully saturated rings. The second-order valence-electron chi connectivity index (χ2n) is 3.62. The Morgan fingerprint density at radius 3 is 2.73 bits per heavy atom. The number of thioether (sulfide) groups is 1. The maximum atomic E-state index is 11.5. The van der Waals surface area contributed by atoms with Crippen molar-refractivity contribution in [1.29, 1.82) is 0 Å². The molecule has 0 bridgehead atoms. The number of hydrogen-bond acceptors (Lipinski definition) is 3. The largest absolute Gasteiger partial charge is 0.347 e. The van der Waals surface area contributed by atoms with E-state index in [4.69, 9.17) is 5.73 Å². The Labute approximate surface area is 93.4 Å². The molecular weight excluding hydrogens is 208 g/mol. The zero-order chi connectivity index (χ0) is 10.7. The van der Waals surface area contributed by atoms with Gasteiger partial charge in [-0.15, -0.1) is 0 Å². The van der Waals surface area contributed by atoms with Gasteiger partial charge in [-0.2, -0.15) is 11.8 Å². The van der Waals surface area contributed by atoms with Crippen molar-refractivity contribution < 1.29 is 4.79 Å². The molecule has 3 nitrogen and oxygen atoms in total. The first-order valence-electron chi connectivity index (χ1n) is 4.96. The summed E-state index contributed by atoms with van der Waals surface area (Å²) in [6.07, 6.45) is 0. The van der Waals surface area contributed by atoms with Crippen LogP contribution in [0.15, 0.2) is 30.3 Å². The third-order valence-corrected chi connectivity index (χ3v) is 3.60. The Kier molecular flexibility index (Phi) is 3.28. The number of nitrogens with two attached hydrogens (primary N) is 1. The zero-order valence-electron chi connectivity index (χ0n) is 8.35. The summed E-state index contributed by atoms with van der Waals surface area (Å²) in [6, 6.07) is 9.72. The van der Waals surface area contributed by atoms with E-state index in [1.54, 1.807) is 11.8 Å². The lowest BCUT2D eigenvalue weighted by Crippen LogP contribution is -2.41. The summed E-state index contributed by atoms with van der Waals surface area (Å²) in [5.41, 5.74) is 6.83. The molecule has 3 N–H and O–H groups in total. The molecule has 0 spiro atoms. The minimum absolute atomic E-state index is 0.0474. The summed E-state index contributed by atoms with van der Waals surface area (Å²) in [7, 11) is 0. The van der Waals surface area contributed by atoms with Crippen LogP contribution in [-0.4, -0.2) is 23.5 Å². The first-order valence-corrected chi connectivity index (χ1v) is 6.11. The molecule has 1 aliphatic rings. The molecule has 4 heteroatoms. The lowest BCUT2D eigenvalue weighted by Gasteiger charge is -2.15.